The summed E-state index contributed by atoms with van der Waals surface area (Å²) in [6, 6.07) is 10.3. The fourth-order valence-corrected chi connectivity index (χ4v) is 5.56. The Bertz CT molecular complexity index is 935. The number of hydrogen-bond acceptors (Lipinski definition) is 8. The van der Waals surface area contributed by atoms with Gasteiger partial charge in [0, 0.05) is 20.6 Å². The first kappa shape index (κ1) is 30.5. The third-order valence-corrected chi connectivity index (χ3v) is 8.76. The maximum Gasteiger partial charge on any atom is 0.418 e. The molecule has 2 fully saturated rings. The summed E-state index contributed by atoms with van der Waals surface area (Å²) in [5.41, 5.74) is 0.497. The molecule has 2 heterocycles. The molecule has 5 atom stereocenters. The first-order valence-corrected chi connectivity index (χ1v) is 16.8. The largest absolute Gasteiger partial charge is 0.449 e. The number of imide groups is 1. The van der Waals surface area contributed by atoms with Crippen molar-refractivity contribution in [2.75, 3.05) is 27.1 Å². The highest BCUT2D eigenvalue weighted by Gasteiger charge is 2.57. The van der Waals surface area contributed by atoms with E-state index in [4.69, 9.17) is 28.4 Å². The van der Waals surface area contributed by atoms with Gasteiger partial charge in [0.05, 0.1) is 25.4 Å². The van der Waals surface area contributed by atoms with E-state index in [2.05, 4.69) is 26.2 Å². The topological polar surface area (TPSA) is 92.8 Å². The highest BCUT2D eigenvalue weighted by atomic mass is 28.3. The number of rotatable bonds is 11. The molecule has 2 saturated heterocycles. The van der Waals surface area contributed by atoms with Gasteiger partial charge in [-0.1, -0.05) is 69.9 Å². The van der Waals surface area contributed by atoms with Gasteiger partial charge in [0.2, 0.25) is 0 Å². The summed E-state index contributed by atoms with van der Waals surface area (Å²) in [5.74, 6) is -0.577. The van der Waals surface area contributed by atoms with E-state index in [-0.39, 0.29) is 38.8 Å². The van der Waals surface area contributed by atoms with E-state index in [0.29, 0.717) is 6.42 Å². The molecule has 2 aliphatic rings. The number of carbonyl (C=O) groups is 2. The molecule has 0 radical (unpaired) electrons. The number of amides is 2. The van der Waals surface area contributed by atoms with Gasteiger partial charge in [0.1, 0.15) is 25.6 Å². The van der Waals surface area contributed by atoms with Crippen LogP contribution in [0.4, 0.5) is 4.79 Å². The predicted octanol–water partition coefficient (Wildman–Crippen LogP) is 4.59. The molecule has 2 amide bonds. The lowest BCUT2D eigenvalue weighted by Crippen LogP contribution is -2.69. The van der Waals surface area contributed by atoms with Crippen molar-refractivity contribution in [3.63, 3.8) is 0 Å². The number of hydrogen-bond donors (Lipinski definition) is 0. The minimum absolute atomic E-state index is 0.131. The average Bonchev–Trinajstić information content (AvgIpc) is 2.85. The summed E-state index contributed by atoms with van der Waals surface area (Å²) in [7, 11) is 0.156. The van der Waals surface area contributed by atoms with Crippen LogP contribution < -0.4 is 0 Å². The van der Waals surface area contributed by atoms with E-state index in [1.165, 1.54) is 0 Å². The maximum absolute atomic E-state index is 13.5. The summed E-state index contributed by atoms with van der Waals surface area (Å²) < 4.78 is 35.4. The van der Waals surface area contributed by atoms with Crippen LogP contribution in [0.25, 0.3) is 0 Å². The number of carbonyl (C=O) groups excluding carboxylic acids is 2. The van der Waals surface area contributed by atoms with Crippen LogP contribution in [0.3, 0.4) is 0 Å². The van der Waals surface area contributed by atoms with Crippen LogP contribution in [0.5, 0.6) is 0 Å². The molecule has 0 aliphatic carbocycles. The van der Waals surface area contributed by atoms with E-state index in [1.807, 2.05) is 44.2 Å². The Kier molecular flexibility index (Phi) is 10.7. The first-order chi connectivity index (χ1) is 18.0. The molecule has 3 rings (SSSR count). The summed E-state index contributed by atoms with van der Waals surface area (Å²) in [6.07, 6.45) is -1.53. The zero-order valence-electron chi connectivity index (χ0n) is 23.5. The van der Waals surface area contributed by atoms with Crippen LogP contribution in [-0.4, -0.2) is 82.7 Å². The van der Waals surface area contributed by atoms with Crippen LogP contribution in [0.1, 0.15) is 25.8 Å². The number of benzene rings is 1. The van der Waals surface area contributed by atoms with Gasteiger partial charge >= 0.3 is 6.09 Å². The molecule has 38 heavy (non-hydrogen) atoms. The molecule has 1 aromatic carbocycles. The lowest BCUT2D eigenvalue weighted by atomic mass is 9.73. The molecular weight excluding hydrogens is 506 g/mol. The molecule has 0 saturated carbocycles. The fraction of sp³-hybridized carbons (Fsp3) is 0.643. The number of ether oxygens (including phenoxy) is 6. The van der Waals surface area contributed by atoms with Crippen molar-refractivity contribution in [1.29, 1.82) is 0 Å². The molecule has 0 spiro atoms. The van der Waals surface area contributed by atoms with Gasteiger partial charge in [-0.25, -0.2) is 9.69 Å². The van der Waals surface area contributed by atoms with Crippen molar-refractivity contribution in [2.45, 2.75) is 83.2 Å². The van der Waals surface area contributed by atoms with Crippen molar-refractivity contribution in [3.05, 3.63) is 48.6 Å². The molecule has 212 valence electrons. The van der Waals surface area contributed by atoms with Gasteiger partial charge in [0.25, 0.3) is 5.91 Å². The van der Waals surface area contributed by atoms with Crippen LogP contribution in [0.15, 0.2) is 43.0 Å². The Labute approximate surface area is 227 Å². The van der Waals surface area contributed by atoms with Crippen molar-refractivity contribution >= 4 is 20.1 Å². The van der Waals surface area contributed by atoms with Crippen molar-refractivity contribution < 1.29 is 38.0 Å². The van der Waals surface area contributed by atoms with Crippen LogP contribution in [0, 0.1) is 5.41 Å². The van der Waals surface area contributed by atoms with Crippen molar-refractivity contribution in [3.8, 4) is 0 Å². The quantitative estimate of drug-likeness (QED) is 0.292. The second-order valence-corrected chi connectivity index (χ2v) is 17.2. The van der Waals surface area contributed by atoms with Crippen molar-refractivity contribution in [2.24, 2.45) is 5.41 Å². The number of methoxy groups -OCH3 is 1. The SMILES string of the molecule is C=CC[C@H]1O[C@H]2[C@H](OCO[C@@H]2N(C(=O)COCc2ccccc2)C(=O)OCC[Si](C)(C)C)[C@@H](OC)C1(C)C. The monoisotopic (exact) mass is 549 g/mol. The lowest BCUT2D eigenvalue weighted by Gasteiger charge is -2.54. The van der Waals surface area contributed by atoms with Crippen LogP contribution in [-0.2, 0) is 39.8 Å². The second-order valence-electron chi connectivity index (χ2n) is 11.6. The minimum Gasteiger partial charge on any atom is -0.449 e. The zero-order valence-corrected chi connectivity index (χ0v) is 24.5. The van der Waals surface area contributed by atoms with Gasteiger partial charge in [-0.2, -0.15) is 0 Å². The second kappa shape index (κ2) is 13.3. The Morgan fingerprint density at radius 3 is 2.50 bits per heavy atom. The summed E-state index contributed by atoms with van der Waals surface area (Å²) >= 11 is 0. The van der Waals surface area contributed by atoms with Crippen molar-refractivity contribution in [1.82, 2.24) is 4.90 Å². The number of nitrogens with zero attached hydrogens (tertiary/aromatic N) is 1. The Balaban J connectivity index is 1.83. The summed E-state index contributed by atoms with van der Waals surface area (Å²) in [5, 5.41) is 0. The standard InChI is InChI=1S/C28H43NO8Si/c1-8-12-21-28(2,3)25(32-4)23-24(37-21)26(36-19-35-23)29(27(31)34-15-16-38(5,6)7)22(30)18-33-17-20-13-10-9-11-14-20/h8-11,13-14,21,23-26H,1,12,15-19H2,2-7H3/t21-,23+,24+,25-,26+/m1/s1. The van der Waals surface area contributed by atoms with Gasteiger partial charge in [-0.15, -0.1) is 6.58 Å². The minimum atomic E-state index is -1.47. The third kappa shape index (κ3) is 7.52. The number of fused-ring (bicyclic) bond motifs is 1. The Hall–Kier alpha value is -2.08. The van der Waals surface area contributed by atoms with E-state index in [1.54, 1.807) is 13.2 Å². The van der Waals surface area contributed by atoms with Gasteiger partial charge in [-0.3, -0.25) is 4.79 Å². The molecular formula is C28H43NO8Si. The molecule has 9 nitrogen and oxygen atoms in total. The molecule has 0 aromatic heterocycles. The Morgan fingerprint density at radius 2 is 1.87 bits per heavy atom. The average molecular weight is 550 g/mol. The normalized spacial score (nSPS) is 26.7. The fourth-order valence-electron chi connectivity index (χ4n) is 4.85. The van der Waals surface area contributed by atoms with E-state index in [9.17, 15) is 9.59 Å². The summed E-state index contributed by atoms with van der Waals surface area (Å²) in [6.45, 7) is 14.5. The van der Waals surface area contributed by atoms with Gasteiger partial charge in [0.15, 0.2) is 6.23 Å². The molecule has 0 unspecified atom stereocenters. The molecule has 2 aliphatic heterocycles. The third-order valence-electron chi connectivity index (χ3n) is 7.06. The highest BCUT2D eigenvalue weighted by Crippen LogP contribution is 2.44. The van der Waals surface area contributed by atoms with Gasteiger partial charge < -0.3 is 28.4 Å². The van der Waals surface area contributed by atoms with E-state index >= 15 is 0 Å². The van der Waals surface area contributed by atoms with E-state index < -0.39 is 43.9 Å². The highest BCUT2D eigenvalue weighted by molar-refractivity contribution is 6.76. The van der Waals surface area contributed by atoms with Crippen LogP contribution >= 0.6 is 0 Å². The van der Waals surface area contributed by atoms with Crippen LogP contribution in [0.2, 0.25) is 25.7 Å². The predicted molar refractivity (Wildman–Crippen MR) is 145 cm³/mol. The van der Waals surface area contributed by atoms with Gasteiger partial charge in [-0.05, 0) is 18.0 Å². The Morgan fingerprint density at radius 1 is 1.16 bits per heavy atom. The lowest BCUT2D eigenvalue weighted by molar-refractivity contribution is -0.340. The molecule has 0 bridgehead atoms. The molecule has 10 heteroatoms. The van der Waals surface area contributed by atoms with E-state index in [0.717, 1.165) is 16.5 Å². The molecule has 1 aromatic rings. The summed E-state index contributed by atoms with van der Waals surface area (Å²) in [4.78, 5) is 27.9. The zero-order chi connectivity index (χ0) is 27.9. The smallest absolute Gasteiger partial charge is 0.418 e. The first-order valence-electron chi connectivity index (χ1n) is 13.1. The molecule has 0 N–H and O–H groups in total. The maximum atomic E-state index is 13.5.